The predicted molar refractivity (Wildman–Crippen MR) is 77.8 cm³/mol. The molecule has 1 aliphatic carbocycles. The molecule has 0 aromatic heterocycles. The number of nitrogens with one attached hydrogen (secondary N) is 1. The van der Waals surface area contributed by atoms with E-state index in [9.17, 15) is 4.79 Å². The van der Waals surface area contributed by atoms with Gasteiger partial charge in [0.25, 0.3) is 5.91 Å². The lowest BCUT2D eigenvalue weighted by atomic mass is 10.1. The molecule has 19 heavy (non-hydrogen) atoms. The van der Waals surface area contributed by atoms with Crippen LogP contribution in [0.25, 0.3) is 0 Å². The molecule has 5 nitrogen and oxygen atoms in total. The molecule has 1 saturated carbocycles. The van der Waals surface area contributed by atoms with Crippen LogP contribution in [0.15, 0.2) is 18.2 Å². The zero-order valence-electron chi connectivity index (χ0n) is 11.5. The van der Waals surface area contributed by atoms with Gasteiger partial charge in [-0.3, -0.25) is 9.69 Å². The Morgan fingerprint density at radius 1 is 1.47 bits per heavy atom. The van der Waals surface area contributed by atoms with E-state index in [0.29, 0.717) is 35.6 Å². The van der Waals surface area contributed by atoms with Crippen molar-refractivity contribution in [3.05, 3.63) is 23.8 Å². The van der Waals surface area contributed by atoms with Crippen LogP contribution < -0.4 is 16.8 Å². The van der Waals surface area contributed by atoms with Gasteiger partial charge >= 0.3 is 0 Å². The number of nitrogen functional groups attached to an aromatic ring is 2. The van der Waals surface area contributed by atoms with Crippen LogP contribution in [0, 0.1) is 0 Å². The summed E-state index contributed by atoms with van der Waals surface area (Å²) >= 11 is 0. The molecule has 1 aromatic rings. The lowest BCUT2D eigenvalue weighted by Gasteiger charge is -2.24. The molecule has 5 heteroatoms. The zero-order valence-corrected chi connectivity index (χ0v) is 11.5. The zero-order chi connectivity index (χ0) is 14.0. The third kappa shape index (κ3) is 3.38. The molecule has 1 aliphatic rings. The molecule has 1 amide bonds. The molecule has 1 unspecified atom stereocenters. The van der Waals surface area contributed by atoms with E-state index in [1.54, 1.807) is 18.2 Å². The van der Waals surface area contributed by atoms with Crippen molar-refractivity contribution in [1.82, 2.24) is 10.2 Å². The number of hydrogen-bond donors (Lipinski definition) is 3. The molecule has 0 spiro atoms. The van der Waals surface area contributed by atoms with Crippen molar-refractivity contribution in [2.75, 3.05) is 25.1 Å². The van der Waals surface area contributed by atoms with E-state index in [4.69, 9.17) is 11.5 Å². The summed E-state index contributed by atoms with van der Waals surface area (Å²) < 4.78 is 0. The number of rotatable bonds is 5. The Labute approximate surface area is 113 Å². The summed E-state index contributed by atoms with van der Waals surface area (Å²) in [6, 6.07) is 5.97. The first kappa shape index (κ1) is 13.7. The number of amides is 1. The van der Waals surface area contributed by atoms with E-state index < -0.39 is 0 Å². The second-order valence-electron chi connectivity index (χ2n) is 5.30. The minimum absolute atomic E-state index is 0.145. The molecule has 1 fully saturated rings. The molecule has 0 bridgehead atoms. The summed E-state index contributed by atoms with van der Waals surface area (Å²) in [5.41, 5.74) is 12.9. The van der Waals surface area contributed by atoms with Crippen LogP contribution in [0.4, 0.5) is 11.4 Å². The Bertz CT molecular complexity index is 471. The van der Waals surface area contributed by atoms with E-state index in [2.05, 4.69) is 24.2 Å². The highest BCUT2D eigenvalue weighted by molar-refractivity contribution is 5.99. The van der Waals surface area contributed by atoms with Crippen LogP contribution in [-0.2, 0) is 0 Å². The maximum absolute atomic E-state index is 12.0. The van der Waals surface area contributed by atoms with Crippen LogP contribution in [0.5, 0.6) is 0 Å². The van der Waals surface area contributed by atoms with Crippen molar-refractivity contribution in [2.45, 2.75) is 31.8 Å². The van der Waals surface area contributed by atoms with Gasteiger partial charge in [-0.25, -0.2) is 0 Å². The van der Waals surface area contributed by atoms with E-state index in [-0.39, 0.29) is 5.91 Å². The highest BCUT2D eigenvalue weighted by atomic mass is 16.1. The average molecular weight is 262 g/mol. The van der Waals surface area contributed by atoms with Crippen molar-refractivity contribution in [3.63, 3.8) is 0 Å². The maximum atomic E-state index is 12.0. The molecule has 1 atom stereocenters. The van der Waals surface area contributed by atoms with Gasteiger partial charge in [0.05, 0.1) is 5.56 Å². The topological polar surface area (TPSA) is 84.4 Å². The van der Waals surface area contributed by atoms with Crippen molar-refractivity contribution in [1.29, 1.82) is 0 Å². The van der Waals surface area contributed by atoms with Gasteiger partial charge in [-0.15, -0.1) is 0 Å². The summed E-state index contributed by atoms with van der Waals surface area (Å²) in [5, 5.41) is 2.92. The smallest absolute Gasteiger partial charge is 0.253 e. The Balaban J connectivity index is 1.89. The average Bonchev–Trinajstić information content (AvgIpc) is 3.18. The summed E-state index contributed by atoms with van der Waals surface area (Å²) in [6.45, 7) is 2.74. The Kier molecular flexibility index (Phi) is 3.95. The van der Waals surface area contributed by atoms with Gasteiger partial charge in [0.1, 0.15) is 0 Å². The quantitative estimate of drug-likeness (QED) is 0.693. The number of benzene rings is 1. The van der Waals surface area contributed by atoms with Gasteiger partial charge in [0.15, 0.2) is 0 Å². The van der Waals surface area contributed by atoms with Crippen molar-refractivity contribution in [2.24, 2.45) is 0 Å². The predicted octanol–water partition coefficient (Wildman–Crippen LogP) is 1.06. The lowest BCUT2D eigenvalue weighted by molar-refractivity contribution is 0.0940. The normalized spacial score (nSPS) is 16.4. The van der Waals surface area contributed by atoms with Gasteiger partial charge in [-0.2, -0.15) is 0 Å². The largest absolute Gasteiger partial charge is 0.399 e. The summed E-state index contributed by atoms with van der Waals surface area (Å²) in [7, 11) is 2.10. The highest BCUT2D eigenvalue weighted by Crippen LogP contribution is 2.26. The van der Waals surface area contributed by atoms with Crippen molar-refractivity contribution < 1.29 is 4.79 Å². The molecular formula is C14H22N4O. The van der Waals surface area contributed by atoms with E-state index in [0.717, 1.165) is 0 Å². The van der Waals surface area contributed by atoms with E-state index in [1.165, 1.54) is 12.8 Å². The minimum Gasteiger partial charge on any atom is -0.399 e. The van der Waals surface area contributed by atoms with Crippen LogP contribution in [0.3, 0.4) is 0 Å². The molecule has 1 aromatic carbocycles. The Morgan fingerprint density at radius 3 is 2.74 bits per heavy atom. The van der Waals surface area contributed by atoms with Crippen molar-refractivity contribution in [3.8, 4) is 0 Å². The molecule has 0 heterocycles. The molecule has 0 saturated heterocycles. The number of carbonyl (C=O) groups is 1. The SMILES string of the molecule is CC(CNC(=O)c1ccc(N)cc1N)N(C)C1CC1. The maximum Gasteiger partial charge on any atom is 0.253 e. The number of anilines is 2. The monoisotopic (exact) mass is 262 g/mol. The fourth-order valence-electron chi connectivity index (χ4n) is 2.11. The van der Waals surface area contributed by atoms with Crippen molar-refractivity contribution >= 4 is 17.3 Å². The third-order valence-electron chi connectivity index (χ3n) is 3.70. The fourth-order valence-corrected chi connectivity index (χ4v) is 2.11. The Morgan fingerprint density at radius 2 is 2.16 bits per heavy atom. The molecule has 104 valence electrons. The van der Waals surface area contributed by atoms with Gasteiger partial charge in [0.2, 0.25) is 0 Å². The number of nitrogens with zero attached hydrogens (tertiary/aromatic N) is 1. The van der Waals surface area contributed by atoms with Gasteiger partial charge in [0, 0.05) is 30.0 Å². The summed E-state index contributed by atoms with van der Waals surface area (Å²) in [5.74, 6) is -0.145. The van der Waals surface area contributed by atoms with Gasteiger partial charge in [-0.1, -0.05) is 0 Å². The number of carbonyl (C=O) groups excluding carboxylic acids is 1. The van der Waals surface area contributed by atoms with Crippen LogP contribution in [-0.4, -0.2) is 36.5 Å². The summed E-state index contributed by atoms with van der Waals surface area (Å²) in [6.07, 6.45) is 2.53. The first-order valence-corrected chi connectivity index (χ1v) is 6.64. The second-order valence-corrected chi connectivity index (χ2v) is 5.30. The lowest BCUT2D eigenvalue weighted by Crippen LogP contribution is -2.41. The van der Waals surface area contributed by atoms with Crippen LogP contribution in [0.1, 0.15) is 30.1 Å². The minimum atomic E-state index is -0.145. The van der Waals surface area contributed by atoms with Gasteiger partial charge < -0.3 is 16.8 Å². The first-order chi connectivity index (χ1) is 8.99. The number of hydrogen-bond acceptors (Lipinski definition) is 4. The highest BCUT2D eigenvalue weighted by Gasteiger charge is 2.29. The fraction of sp³-hybridized carbons (Fsp3) is 0.500. The van der Waals surface area contributed by atoms with E-state index >= 15 is 0 Å². The molecule has 2 rings (SSSR count). The third-order valence-corrected chi connectivity index (χ3v) is 3.70. The first-order valence-electron chi connectivity index (χ1n) is 6.64. The molecule has 0 aliphatic heterocycles. The molecule has 5 N–H and O–H groups in total. The second kappa shape index (κ2) is 5.48. The van der Waals surface area contributed by atoms with Gasteiger partial charge in [-0.05, 0) is 45.0 Å². The number of nitrogens with two attached hydrogens (primary N) is 2. The molecular weight excluding hydrogens is 240 g/mol. The Hall–Kier alpha value is -1.75. The van der Waals surface area contributed by atoms with Crippen LogP contribution >= 0.6 is 0 Å². The molecule has 0 radical (unpaired) electrons. The number of likely N-dealkylation sites (N-methyl/N-ethyl adjacent to an activating group) is 1. The van der Waals surface area contributed by atoms with Crippen LogP contribution in [0.2, 0.25) is 0 Å². The van der Waals surface area contributed by atoms with E-state index in [1.807, 2.05) is 0 Å². The standard InChI is InChI=1S/C14H22N4O/c1-9(18(2)11-4-5-11)8-17-14(19)12-6-3-10(15)7-13(12)16/h3,6-7,9,11H,4-5,8,15-16H2,1-2H3,(H,17,19). The summed E-state index contributed by atoms with van der Waals surface area (Å²) in [4.78, 5) is 14.4.